The van der Waals surface area contributed by atoms with Crippen molar-refractivity contribution < 1.29 is 79.5 Å². The minimum Gasteiger partial charge on any atom is -0.394 e. The van der Waals surface area contributed by atoms with Crippen LogP contribution in [0.3, 0.4) is 0 Å². The highest BCUT2D eigenvalue weighted by atomic mass is 16.7. The zero-order chi connectivity index (χ0) is 26.0. The topological polar surface area (TPSA) is 258 Å². The normalized spacial score (nSPS) is 51.3. The van der Waals surface area contributed by atoms with E-state index in [2.05, 4.69) is 0 Å². The van der Waals surface area contributed by atoms with Gasteiger partial charge >= 0.3 is 0 Å². The first kappa shape index (κ1) is 28.9. The summed E-state index contributed by atoms with van der Waals surface area (Å²) in [5.41, 5.74) is 0. The van der Waals surface area contributed by atoms with Gasteiger partial charge in [-0.3, -0.25) is 0 Å². The van der Waals surface area contributed by atoms with Gasteiger partial charge in [0.05, 0.1) is 19.8 Å². The van der Waals surface area contributed by atoms with Crippen molar-refractivity contribution in [2.45, 2.75) is 92.1 Å². The second-order valence-corrected chi connectivity index (χ2v) is 8.59. The summed E-state index contributed by atoms with van der Waals surface area (Å²) >= 11 is 0. The summed E-state index contributed by atoms with van der Waals surface area (Å²) in [6.45, 7) is -1.93. The number of rotatable bonds is 8. The van der Waals surface area contributed by atoms with Gasteiger partial charge in [0, 0.05) is 7.11 Å². The van der Waals surface area contributed by atoms with Crippen molar-refractivity contribution in [3.63, 3.8) is 0 Å². The largest absolute Gasteiger partial charge is 0.394 e. The van der Waals surface area contributed by atoms with E-state index in [9.17, 15) is 51.1 Å². The molecule has 0 aromatic rings. The van der Waals surface area contributed by atoms with Crippen LogP contribution in [-0.2, 0) is 28.4 Å². The maximum Gasteiger partial charge on any atom is 0.187 e. The summed E-state index contributed by atoms with van der Waals surface area (Å²) in [5, 5.41) is 99.9. The van der Waals surface area contributed by atoms with Gasteiger partial charge in [0.15, 0.2) is 18.9 Å². The minimum absolute atomic E-state index is 0.523. The fraction of sp³-hybridized carbons (Fsp3) is 1.00. The third-order valence-corrected chi connectivity index (χ3v) is 6.29. The molecule has 3 aliphatic rings. The lowest BCUT2D eigenvalue weighted by atomic mass is 9.97. The van der Waals surface area contributed by atoms with Crippen molar-refractivity contribution in [2.75, 3.05) is 26.9 Å². The van der Waals surface area contributed by atoms with Gasteiger partial charge in [-0.2, -0.15) is 0 Å². The average molecular weight is 518 g/mol. The van der Waals surface area contributed by atoms with Gasteiger partial charge < -0.3 is 79.5 Å². The van der Waals surface area contributed by atoms with E-state index >= 15 is 0 Å². The smallest absolute Gasteiger partial charge is 0.187 e. The van der Waals surface area contributed by atoms with Crippen LogP contribution in [0.4, 0.5) is 0 Å². The number of aliphatic hydroxyl groups is 10. The van der Waals surface area contributed by atoms with E-state index in [0.717, 1.165) is 0 Å². The molecule has 3 saturated heterocycles. The zero-order valence-electron chi connectivity index (χ0n) is 18.7. The summed E-state index contributed by atoms with van der Waals surface area (Å²) in [7, 11) is 1.19. The SMILES string of the molecule is CO[C@H]1O[C@H](CO[C@H]2O[C@H](CO)[C@@H](O)[C@H](O)[C@H]2O)[C@@H](O)[C@H](O[C@@H]2O[C@H](CO)[C@@H](O)[C@H](O)[C@H]2O)[C@@H]1O. The molecule has 3 fully saturated rings. The molecule has 3 rings (SSSR count). The highest BCUT2D eigenvalue weighted by molar-refractivity contribution is 4.95. The number of methoxy groups -OCH3 is 1. The molecule has 0 unspecified atom stereocenters. The van der Waals surface area contributed by atoms with Crippen molar-refractivity contribution >= 4 is 0 Å². The Kier molecular flexibility index (Phi) is 10.1. The van der Waals surface area contributed by atoms with Gasteiger partial charge in [-0.15, -0.1) is 0 Å². The lowest BCUT2D eigenvalue weighted by Crippen LogP contribution is -2.65. The third kappa shape index (κ3) is 5.93. The minimum atomic E-state index is -1.81. The first-order chi connectivity index (χ1) is 16.5. The molecule has 0 radical (unpaired) electrons. The second kappa shape index (κ2) is 12.3. The molecule has 3 aliphatic heterocycles. The Hall–Kier alpha value is -0.640. The Morgan fingerprint density at radius 1 is 0.543 bits per heavy atom. The van der Waals surface area contributed by atoms with Gasteiger partial charge in [0.1, 0.15) is 73.2 Å². The van der Waals surface area contributed by atoms with Gasteiger partial charge in [-0.1, -0.05) is 0 Å². The first-order valence-corrected chi connectivity index (χ1v) is 11.0. The number of aliphatic hydroxyl groups excluding tert-OH is 10. The Bertz CT molecular complexity index is 652. The van der Waals surface area contributed by atoms with E-state index in [1.807, 2.05) is 0 Å². The summed E-state index contributed by atoms with van der Waals surface area (Å²) in [5.74, 6) is 0. The van der Waals surface area contributed by atoms with Crippen molar-refractivity contribution in [1.82, 2.24) is 0 Å². The Labute approximate surface area is 199 Å². The van der Waals surface area contributed by atoms with Crippen LogP contribution in [0.1, 0.15) is 0 Å². The standard InChI is InChI=1S/C19H34O16/c1-30-17-15(29)16(35-19-14(28)12(26)9(23)6(3-21)33-19)10(24)7(34-17)4-31-18-13(27)11(25)8(22)5(2-20)32-18/h5-29H,2-4H2,1H3/t5-,6-,7-,8-,9-,10-,11+,12+,13-,14-,15+,16+,17+,18+,19+/m1/s1. The number of hydrogen-bond donors (Lipinski definition) is 10. The maximum atomic E-state index is 10.8. The quantitative estimate of drug-likeness (QED) is 0.143. The van der Waals surface area contributed by atoms with Crippen molar-refractivity contribution in [2.24, 2.45) is 0 Å². The Morgan fingerprint density at radius 3 is 1.54 bits per heavy atom. The second-order valence-electron chi connectivity index (χ2n) is 8.59. The summed E-state index contributed by atoms with van der Waals surface area (Å²) in [6, 6.07) is 0. The molecule has 0 aromatic carbocycles. The molecule has 10 N–H and O–H groups in total. The highest BCUT2D eigenvalue weighted by Gasteiger charge is 2.51. The fourth-order valence-electron chi connectivity index (χ4n) is 4.13. The predicted octanol–water partition coefficient (Wildman–Crippen LogP) is -6.92. The van der Waals surface area contributed by atoms with Crippen molar-refractivity contribution in [1.29, 1.82) is 0 Å². The predicted molar refractivity (Wildman–Crippen MR) is 106 cm³/mol. The van der Waals surface area contributed by atoms with Crippen molar-refractivity contribution in [3.05, 3.63) is 0 Å². The molecule has 0 aliphatic carbocycles. The van der Waals surface area contributed by atoms with Crippen LogP contribution in [0.2, 0.25) is 0 Å². The monoisotopic (exact) mass is 518 g/mol. The molecule has 15 atom stereocenters. The molecular formula is C19H34O16. The first-order valence-electron chi connectivity index (χ1n) is 11.0. The summed E-state index contributed by atoms with van der Waals surface area (Å²) < 4.78 is 31.9. The average Bonchev–Trinajstić information content (AvgIpc) is 2.85. The summed E-state index contributed by atoms with van der Waals surface area (Å²) in [6.07, 6.45) is -23.5. The van der Waals surface area contributed by atoms with Crippen LogP contribution in [-0.4, -0.2) is 170 Å². The lowest BCUT2D eigenvalue weighted by Gasteiger charge is -2.46. The van der Waals surface area contributed by atoms with E-state index < -0.39 is 112 Å². The number of ether oxygens (including phenoxy) is 6. The fourth-order valence-corrected chi connectivity index (χ4v) is 4.13. The van der Waals surface area contributed by atoms with E-state index in [-0.39, 0.29) is 0 Å². The van der Waals surface area contributed by atoms with E-state index in [1.165, 1.54) is 7.11 Å². The van der Waals surface area contributed by atoms with E-state index in [4.69, 9.17) is 28.4 Å². The molecule has 16 nitrogen and oxygen atoms in total. The molecule has 35 heavy (non-hydrogen) atoms. The van der Waals surface area contributed by atoms with Gasteiger partial charge in [-0.25, -0.2) is 0 Å². The van der Waals surface area contributed by atoms with Gasteiger partial charge in [0.25, 0.3) is 0 Å². The lowest BCUT2D eigenvalue weighted by molar-refractivity contribution is -0.364. The Balaban J connectivity index is 1.69. The highest BCUT2D eigenvalue weighted by Crippen LogP contribution is 2.30. The molecule has 0 aromatic heterocycles. The molecule has 0 spiro atoms. The third-order valence-electron chi connectivity index (χ3n) is 6.29. The molecule has 3 heterocycles. The maximum absolute atomic E-state index is 10.8. The molecule has 0 bridgehead atoms. The molecule has 16 heteroatoms. The summed E-state index contributed by atoms with van der Waals surface area (Å²) in [4.78, 5) is 0. The van der Waals surface area contributed by atoms with E-state index in [1.54, 1.807) is 0 Å². The van der Waals surface area contributed by atoms with Crippen LogP contribution in [0.5, 0.6) is 0 Å². The van der Waals surface area contributed by atoms with Crippen LogP contribution in [0.15, 0.2) is 0 Å². The van der Waals surface area contributed by atoms with Crippen LogP contribution < -0.4 is 0 Å². The van der Waals surface area contributed by atoms with Crippen molar-refractivity contribution in [3.8, 4) is 0 Å². The molecule has 0 amide bonds. The zero-order valence-corrected chi connectivity index (χ0v) is 18.7. The van der Waals surface area contributed by atoms with E-state index in [0.29, 0.717) is 0 Å². The Morgan fingerprint density at radius 2 is 1.03 bits per heavy atom. The van der Waals surface area contributed by atoms with Crippen LogP contribution in [0, 0.1) is 0 Å². The van der Waals surface area contributed by atoms with Gasteiger partial charge in [-0.05, 0) is 0 Å². The van der Waals surface area contributed by atoms with Crippen LogP contribution in [0.25, 0.3) is 0 Å². The molecular weight excluding hydrogens is 484 g/mol. The molecule has 0 saturated carbocycles. The molecule has 206 valence electrons. The van der Waals surface area contributed by atoms with Crippen LogP contribution >= 0.6 is 0 Å². The van der Waals surface area contributed by atoms with Gasteiger partial charge in [0.2, 0.25) is 0 Å². The number of hydrogen-bond acceptors (Lipinski definition) is 16.